The van der Waals surface area contributed by atoms with Gasteiger partial charge in [0.1, 0.15) is 5.69 Å². The molecule has 178 valence electrons. The minimum atomic E-state index is -0.328. The predicted molar refractivity (Wildman–Crippen MR) is 134 cm³/mol. The number of carbonyl (C=O) groups is 2. The number of halogens is 1. The fraction of sp³-hybridized carbons (Fsp3) is 0.259. The molecular formula is C27H25ClN4O3. The largest absolute Gasteiger partial charge is 0.466 e. The second-order valence-corrected chi connectivity index (χ2v) is 8.92. The van der Waals surface area contributed by atoms with Gasteiger partial charge in [0, 0.05) is 35.3 Å². The fourth-order valence-corrected chi connectivity index (χ4v) is 4.69. The molecule has 1 fully saturated rings. The Morgan fingerprint density at radius 1 is 1.06 bits per heavy atom. The number of hydrogen-bond acceptors (Lipinski definition) is 5. The quantitative estimate of drug-likeness (QED) is 0.364. The molecule has 1 aliphatic heterocycles. The number of hydrogen-bond donors (Lipinski definition) is 0. The van der Waals surface area contributed by atoms with Crippen LogP contribution in [0, 0.1) is 5.92 Å². The van der Waals surface area contributed by atoms with Gasteiger partial charge in [-0.3, -0.25) is 9.59 Å². The van der Waals surface area contributed by atoms with Crippen molar-refractivity contribution in [3.63, 3.8) is 0 Å². The first-order valence-electron chi connectivity index (χ1n) is 11.7. The number of piperidine rings is 1. The predicted octanol–water partition coefficient (Wildman–Crippen LogP) is 5.13. The van der Waals surface area contributed by atoms with E-state index in [0.29, 0.717) is 53.9 Å². The number of aromatic nitrogens is 3. The maximum Gasteiger partial charge on any atom is 0.310 e. The number of nitrogens with zero attached hydrogens (tertiary/aromatic N) is 4. The summed E-state index contributed by atoms with van der Waals surface area (Å²) in [7, 11) is 0. The Morgan fingerprint density at radius 3 is 2.60 bits per heavy atom. The summed E-state index contributed by atoms with van der Waals surface area (Å²) in [6.07, 6.45) is 1.44. The van der Waals surface area contributed by atoms with Crippen molar-refractivity contribution in [1.29, 1.82) is 0 Å². The molecule has 1 atom stereocenters. The normalized spacial score (nSPS) is 15.8. The van der Waals surface area contributed by atoms with Crippen LogP contribution in [0.25, 0.3) is 28.2 Å². The smallest absolute Gasteiger partial charge is 0.310 e. The van der Waals surface area contributed by atoms with E-state index in [9.17, 15) is 9.59 Å². The Kier molecular flexibility index (Phi) is 6.51. The lowest BCUT2D eigenvalue weighted by Crippen LogP contribution is -2.43. The molecule has 0 saturated carbocycles. The van der Waals surface area contributed by atoms with Crippen molar-refractivity contribution in [2.24, 2.45) is 5.92 Å². The van der Waals surface area contributed by atoms with Crippen molar-refractivity contribution in [1.82, 2.24) is 19.5 Å². The van der Waals surface area contributed by atoms with E-state index >= 15 is 0 Å². The minimum Gasteiger partial charge on any atom is -0.466 e. The molecule has 4 aromatic rings. The highest BCUT2D eigenvalue weighted by molar-refractivity contribution is 6.33. The average Bonchev–Trinajstić information content (AvgIpc) is 3.33. The molecule has 2 aromatic heterocycles. The van der Waals surface area contributed by atoms with E-state index in [1.165, 1.54) is 0 Å². The third-order valence-corrected chi connectivity index (χ3v) is 6.52. The van der Waals surface area contributed by atoms with Gasteiger partial charge in [-0.2, -0.15) is 5.10 Å². The van der Waals surface area contributed by atoms with E-state index < -0.39 is 0 Å². The Hall–Kier alpha value is -3.71. The second-order valence-electron chi connectivity index (χ2n) is 8.51. The van der Waals surface area contributed by atoms with Crippen LogP contribution in [0.1, 0.15) is 30.3 Å². The lowest BCUT2D eigenvalue weighted by atomic mass is 9.98. The highest BCUT2D eigenvalue weighted by Gasteiger charge is 2.31. The Bertz CT molecular complexity index is 1390. The van der Waals surface area contributed by atoms with E-state index in [0.717, 1.165) is 17.5 Å². The summed E-state index contributed by atoms with van der Waals surface area (Å²) < 4.78 is 6.79. The van der Waals surface area contributed by atoms with Crippen LogP contribution in [0.2, 0.25) is 5.02 Å². The van der Waals surface area contributed by atoms with Crippen molar-refractivity contribution in [2.45, 2.75) is 19.8 Å². The van der Waals surface area contributed by atoms with Crippen molar-refractivity contribution in [3.8, 4) is 22.5 Å². The van der Waals surface area contributed by atoms with Crippen molar-refractivity contribution >= 4 is 29.1 Å². The molecule has 35 heavy (non-hydrogen) atoms. The second kappa shape index (κ2) is 9.88. The standard InChI is InChI=1S/C27H25ClN4O3/c1-2-35-27(34)19-11-8-14-31(17-19)26(33)24-15-23(20-12-6-7-13-21(20)28)29-25-16-22(30-32(24)25)18-9-4-3-5-10-18/h3-7,9-10,12-13,15-16,19H,2,8,11,14,17H2,1H3/t19-/m1/s1. The van der Waals surface area contributed by atoms with E-state index in [1.54, 1.807) is 28.5 Å². The molecule has 0 N–H and O–H groups in total. The molecule has 1 aliphatic rings. The summed E-state index contributed by atoms with van der Waals surface area (Å²) in [6.45, 7) is 2.99. The van der Waals surface area contributed by atoms with Gasteiger partial charge in [0.25, 0.3) is 5.91 Å². The van der Waals surface area contributed by atoms with Gasteiger partial charge >= 0.3 is 5.97 Å². The molecule has 1 saturated heterocycles. The third-order valence-electron chi connectivity index (χ3n) is 6.19. The monoisotopic (exact) mass is 488 g/mol. The summed E-state index contributed by atoms with van der Waals surface area (Å²) in [4.78, 5) is 32.6. The fourth-order valence-electron chi connectivity index (χ4n) is 4.46. The van der Waals surface area contributed by atoms with Gasteiger partial charge in [0.15, 0.2) is 5.65 Å². The van der Waals surface area contributed by atoms with Gasteiger partial charge in [0.05, 0.1) is 23.9 Å². The molecule has 0 bridgehead atoms. The van der Waals surface area contributed by atoms with Crippen molar-refractivity contribution in [2.75, 3.05) is 19.7 Å². The molecule has 0 radical (unpaired) electrons. The van der Waals surface area contributed by atoms with Gasteiger partial charge < -0.3 is 9.64 Å². The number of benzene rings is 2. The van der Waals surface area contributed by atoms with Crippen LogP contribution in [0.15, 0.2) is 66.7 Å². The summed E-state index contributed by atoms with van der Waals surface area (Å²) >= 11 is 6.47. The first kappa shape index (κ1) is 23.1. The topological polar surface area (TPSA) is 76.8 Å². The minimum absolute atomic E-state index is 0.206. The van der Waals surface area contributed by atoms with E-state index in [2.05, 4.69) is 0 Å². The molecule has 0 unspecified atom stereocenters. The number of fused-ring (bicyclic) bond motifs is 1. The van der Waals surface area contributed by atoms with Crippen molar-refractivity contribution in [3.05, 3.63) is 77.4 Å². The van der Waals surface area contributed by atoms with Crippen LogP contribution < -0.4 is 0 Å². The molecule has 5 rings (SSSR count). The molecule has 2 aromatic carbocycles. The summed E-state index contributed by atoms with van der Waals surface area (Å²) in [5.74, 6) is -0.792. The maximum absolute atomic E-state index is 13.8. The lowest BCUT2D eigenvalue weighted by Gasteiger charge is -2.31. The average molecular weight is 489 g/mol. The zero-order valence-electron chi connectivity index (χ0n) is 19.4. The molecular weight excluding hydrogens is 464 g/mol. The molecule has 3 heterocycles. The summed E-state index contributed by atoms with van der Waals surface area (Å²) in [5, 5.41) is 5.27. The van der Waals surface area contributed by atoms with Gasteiger partial charge in [-0.25, -0.2) is 9.50 Å². The highest BCUT2D eigenvalue weighted by Crippen LogP contribution is 2.29. The number of esters is 1. The number of likely N-dealkylation sites (tertiary alicyclic amines) is 1. The molecule has 8 heteroatoms. The summed E-state index contributed by atoms with van der Waals surface area (Å²) in [5.41, 5.74) is 3.88. The van der Waals surface area contributed by atoms with Crippen LogP contribution in [0.5, 0.6) is 0 Å². The zero-order valence-corrected chi connectivity index (χ0v) is 20.1. The number of rotatable bonds is 5. The number of ether oxygens (including phenoxy) is 1. The highest BCUT2D eigenvalue weighted by atomic mass is 35.5. The van der Waals surface area contributed by atoms with Gasteiger partial charge in [-0.05, 0) is 31.9 Å². The zero-order chi connectivity index (χ0) is 24.4. The lowest BCUT2D eigenvalue weighted by molar-refractivity contribution is -0.149. The molecule has 1 amide bonds. The first-order valence-corrected chi connectivity index (χ1v) is 12.1. The molecule has 0 spiro atoms. The Balaban J connectivity index is 1.59. The Labute approximate surface area is 208 Å². The number of carbonyl (C=O) groups excluding carboxylic acids is 2. The first-order chi connectivity index (χ1) is 17.0. The summed E-state index contributed by atoms with van der Waals surface area (Å²) in [6, 6.07) is 20.8. The van der Waals surface area contributed by atoms with E-state index in [4.69, 9.17) is 26.4 Å². The van der Waals surface area contributed by atoms with E-state index in [1.807, 2.05) is 54.6 Å². The van der Waals surface area contributed by atoms with Crippen LogP contribution in [-0.4, -0.2) is 51.1 Å². The Morgan fingerprint density at radius 2 is 1.83 bits per heavy atom. The maximum atomic E-state index is 13.8. The van der Waals surface area contributed by atoms with Gasteiger partial charge in [0.2, 0.25) is 0 Å². The van der Waals surface area contributed by atoms with Crippen LogP contribution in [-0.2, 0) is 9.53 Å². The van der Waals surface area contributed by atoms with Crippen LogP contribution in [0.4, 0.5) is 0 Å². The SMILES string of the molecule is CCOC(=O)[C@@H]1CCCN(C(=O)c2cc(-c3ccccc3Cl)nc3cc(-c4ccccc4)nn23)C1. The van der Waals surface area contributed by atoms with Crippen LogP contribution >= 0.6 is 11.6 Å². The molecule has 0 aliphatic carbocycles. The molecule has 7 nitrogen and oxygen atoms in total. The van der Waals surface area contributed by atoms with E-state index in [-0.39, 0.29) is 17.8 Å². The third kappa shape index (κ3) is 4.64. The van der Waals surface area contributed by atoms with Crippen LogP contribution in [0.3, 0.4) is 0 Å². The van der Waals surface area contributed by atoms with Gasteiger partial charge in [-0.1, -0.05) is 60.1 Å². The van der Waals surface area contributed by atoms with Gasteiger partial charge in [-0.15, -0.1) is 0 Å². The number of amides is 1. The van der Waals surface area contributed by atoms with Crippen molar-refractivity contribution < 1.29 is 14.3 Å².